The van der Waals surface area contributed by atoms with E-state index in [1.807, 2.05) is 0 Å². The molecule has 3 aromatic rings. The molecule has 0 fully saturated rings. The Hall–Kier alpha value is -3.07. The average molecular weight is 402 g/mol. The number of carbonyl (C=O) groups is 1. The molecule has 9 heteroatoms. The number of H-pyrrole nitrogens is 2. The van der Waals surface area contributed by atoms with E-state index in [0.29, 0.717) is 23.5 Å². The van der Waals surface area contributed by atoms with Gasteiger partial charge < -0.3 is 15.3 Å². The minimum absolute atomic E-state index is 0.0229. The smallest absolute Gasteiger partial charge is 0.323 e. The van der Waals surface area contributed by atoms with E-state index in [1.54, 1.807) is 18.2 Å². The van der Waals surface area contributed by atoms with Gasteiger partial charge in [0.25, 0.3) is 15.9 Å². The number of hydrogen-bond donors (Lipinski definition) is 4. The number of fused-ring (bicyclic) bond motifs is 1. The van der Waals surface area contributed by atoms with Crippen molar-refractivity contribution >= 4 is 32.7 Å². The molecule has 0 atom stereocenters. The van der Waals surface area contributed by atoms with Crippen LogP contribution in [0.4, 0.5) is 5.69 Å². The van der Waals surface area contributed by atoms with Gasteiger partial charge in [-0.1, -0.05) is 26.0 Å². The van der Waals surface area contributed by atoms with E-state index in [4.69, 9.17) is 0 Å². The molecule has 0 saturated heterocycles. The molecule has 8 nitrogen and oxygen atoms in total. The highest BCUT2D eigenvalue weighted by Gasteiger charge is 2.19. The van der Waals surface area contributed by atoms with Crippen LogP contribution in [0.1, 0.15) is 30.6 Å². The Bertz CT molecular complexity index is 1160. The van der Waals surface area contributed by atoms with E-state index < -0.39 is 15.7 Å². The first-order valence-corrected chi connectivity index (χ1v) is 10.4. The second kappa shape index (κ2) is 7.89. The van der Waals surface area contributed by atoms with Gasteiger partial charge in [0.2, 0.25) is 0 Å². The summed E-state index contributed by atoms with van der Waals surface area (Å²) in [5.41, 5.74) is 0.903. The van der Waals surface area contributed by atoms with Crippen LogP contribution in [-0.4, -0.2) is 30.8 Å². The minimum atomic E-state index is -3.95. The molecule has 0 spiro atoms. The molecule has 4 N–H and O–H groups in total. The lowest BCUT2D eigenvalue weighted by Crippen LogP contribution is -2.26. The molecule has 2 aromatic carbocycles. The van der Waals surface area contributed by atoms with Crippen molar-refractivity contribution in [2.45, 2.75) is 25.2 Å². The lowest BCUT2D eigenvalue weighted by Gasteiger charge is -2.13. The SMILES string of the molecule is CC(C)CCNC(=O)c1ccccc1NS(=O)(=O)c1ccc2[nH]c(=O)[nH]c2c1. The van der Waals surface area contributed by atoms with Gasteiger partial charge in [-0.3, -0.25) is 9.52 Å². The normalized spacial score (nSPS) is 11.7. The Kier molecular flexibility index (Phi) is 5.55. The standard InChI is InChI=1S/C19H22N4O4S/c1-12(2)9-10-20-18(24)14-5-3-4-6-15(14)23-28(26,27)13-7-8-16-17(11-13)22-19(25)21-16/h3-8,11-12,23H,9-10H2,1-2H3,(H,20,24)(H2,21,22,25). The molecule has 1 amide bonds. The van der Waals surface area contributed by atoms with E-state index in [1.165, 1.54) is 24.3 Å². The molecule has 28 heavy (non-hydrogen) atoms. The number of hydrogen-bond acceptors (Lipinski definition) is 4. The zero-order valence-electron chi connectivity index (χ0n) is 15.6. The van der Waals surface area contributed by atoms with Gasteiger partial charge in [0.1, 0.15) is 0 Å². The molecule has 1 aromatic heterocycles. The summed E-state index contributed by atoms with van der Waals surface area (Å²) < 4.78 is 28.0. The number of aromatic amines is 2. The maximum absolute atomic E-state index is 12.8. The number of imidazole rings is 1. The van der Waals surface area contributed by atoms with Crippen molar-refractivity contribution in [2.75, 3.05) is 11.3 Å². The first kappa shape index (κ1) is 19.7. The van der Waals surface area contributed by atoms with E-state index in [-0.39, 0.29) is 22.1 Å². The van der Waals surface area contributed by atoms with E-state index in [2.05, 4.69) is 33.9 Å². The summed E-state index contributed by atoms with van der Waals surface area (Å²) in [4.78, 5) is 28.9. The number of carbonyl (C=O) groups excluding carboxylic acids is 1. The highest BCUT2D eigenvalue weighted by Crippen LogP contribution is 2.22. The predicted octanol–water partition coefficient (Wildman–Crippen LogP) is 2.43. The van der Waals surface area contributed by atoms with Crippen LogP contribution in [-0.2, 0) is 10.0 Å². The number of benzene rings is 2. The Balaban J connectivity index is 1.85. The predicted molar refractivity (Wildman–Crippen MR) is 108 cm³/mol. The highest BCUT2D eigenvalue weighted by atomic mass is 32.2. The van der Waals surface area contributed by atoms with Crippen molar-refractivity contribution in [2.24, 2.45) is 5.92 Å². The fourth-order valence-corrected chi connectivity index (χ4v) is 3.83. The van der Waals surface area contributed by atoms with Gasteiger partial charge in [-0.25, -0.2) is 13.2 Å². The minimum Gasteiger partial charge on any atom is -0.352 e. The molecule has 0 aliphatic carbocycles. The summed E-state index contributed by atoms with van der Waals surface area (Å²) >= 11 is 0. The molecule has 0 radical (unpaired) electrons. The second-order valence-electron chi connectivity index (χ2n) is 6.88. The fourth-order valence-electron chi connectivity index (χ4n) is 2.72. The number of amides is 1. The molecule has 0 bridgehead atoms. The number of sulfonamides is 1. The van der Waals surface area contributed by atoms with Crippen LogP contribution in [0.25, 0.3) is 11.0 Å². The molecule has 0 aliphatic rings. The molecule has 0 saturated carbocycles. The number of aromatic nitrogens is 2. The van der Waals surface area contributed by atoms with Crippen LogP contribution >= 0.6 is 0 Å². The molecule has 148 valence electrons. The van der Waals surface area contributed by atoms with E-state index >= 15 is 0 Å². The number of rotatable bonds is 7. The van der Waals surface area contributed by atoms with Crippen LogP contribution in [0.5, 0.6) is 0 Å². The molecule has 0 aliphatic heterocycles. The first-order valence-electron chi connectivity index (χ1n) is 8.88. The van der Waals surface area contributed by atoms with Crippen LogP contribution < -0.4 is 15.7 Å². The Labute approximate surface area is 162 Å². The van der Waals surface area contributed by atoms with Crippen LogP contribution in [0.3, 0.4) is 0 Å². The number of para-hydroxylation sites is 1. The van der Waals surface area contributed by atoms with E-state index in [9.17, 15) is 18.0 Å². The van der Waals surface area contributed by atoms with Gasteiger partial charge in [0.15, 0.2) is 0 Å². The van der Waals surface area contributed by atoms with Crippen molar-refractivity contribution in [1.82, 2.24) is 15.3 Å². The Morgan fingerprint density at radius 2 is 1.79 bits per heavy atom. The summed E-state index contributed by atoms with van der Waals surface area (Å²) in [7, 11) is -3.95. The Morgan fingerprint density at radius 1 is 1.07 bits per heavy atom. The van der Waals surface area contributed by atoms with Gasteiger partial charge >= 0.3 is 5.69 Å². The van der Waals surface area contributed by atoms with Gasteiger partial charge in [-0.2, -0.15) is 0 Å². The highest BCUT2D eigenvalue weighted by molar-refractivity contribution is 7.92. The molecule has 3 rings (SSSR count). The van der Waals surface area contributed by atoms with Crippen LogP contribution in [0, 0.1) is 5.92 Å². The molecule has 0 unspecified atom stereocenters. The summed E-state index contributed by atoms with van der Waals surface area (Å²) in [5, 5.41) is 2.81. The number of nitrogens with one attached hydrogen (secondary N) is 4. The lowest BCUT2D eigenvalue weighted by molar-refractivity contribution is 0.0953. The second-order valence-corrected chi connectivity index (χ2v) is 8.56. The van der Waals surface area contributed by atoms with E-state index in [0.717, 1.165) is 6.42 Å². The van der Waals surface area contributed by atoms with Gasteiger partial charge in [0, 0.05) is 6.54 Å². The quantitative estimate of drug-likeness (QED) is 0.484. The van der Waals surface area contributed by atoms with Crippen LogP contribution in [0.15, 0.2) is 52.2 Å². The summed E-state index contributed by atoms with van der Waals surface area (Å²) in [6.45, 7) is 4.63. The molecule has 1 heterocycles. The Morgan fingerprint density at radius 3 is 2.54 bits per heavy atom. The third-order valence-corrected chi connectivity index (χ3v) is 5.58. The maximum atomic E-state index is 12.8. The van der Waals surface area contributed by atoms with Crippen molar-refractivity contribution in [1.29, 1.82) is 0 Å². The van der Waals surface area contributed by atoms with Crippen molar-refractivity contribution < 1.29 is 13.2 Å². The molecular formula is C19H22N4O4S. The van der Waals surface area contributed by atoms with Crippen LogP contribution in [0.2, 0.25) is 0 Å². The van der Waals surface area contributed by atoms with Crippen molar-refractivity contribution in [3.05, 3.63) is 58.5 Å². The summed E-state index contributed by atoms with van der Waals surface area (Å²) in [5.74, 6) is 0.105. The number of anilines is 1. The summed E-state index contributed by atoms with van der Waals surface area (Å²) in [6.07, 6.45) is 0.828. The molecular weight excluding hydrogens is 380 g/mol. The lowest BCUT2D eigenvalue weighted by atomic mass is 10.1. The zero-order chi connectivity index (χ0) is 20.3. The average Bonchev–Trinajstić information content (AvgIpc) is 3.00. The summed E-state index contributed by atoms with van der Waals surface area (Å²) in [6, 6.07) is 10.7. The van der Waals surface area contributed by atoms with Crippen molar-refractivity contribution in [3.63, 3.8) is 0 Å². The third kappa shape index (κ3) is 4.42. The fraction of sp³-hybridized carbons (Fsp3) is 0.263. The monoisotopic (exact) mass is 402 g/mol. The first-order chi connectivity index (χ1) is 13.3. The third-order valence-electron chi connectivity index (χ3n) is 4.22. The van der Waals surface area contributed by atoms with Gasteiger partial charge in [-0.05, 0) is 42.7 Å². The largest absolute Gasteiger partial charge is 0.352 e. The van der Waals surface area contributed by atoms with Gasteiger partial charge in [0.05, 0.1) is 27.2 Å². The van der Waals surface area contributed by atoms with Crippen molar-refractivity contribution in [3.8, 4) is 0 Å². The topological polar surface area (TPSA) is 124 Å². The maximum Gasteiger partial charge on any atom is 0.323 e. The zero-order valence-corrected chi connectivity index (χ0v) is 16.4. The van der Waals surface area contributed by atoms with Gasteiger partial charge in [-0.15, -0.1) is 0 Å².